The molecule has 0 aromatic carbocycles. The van der Waals surface area contributed by atoms with Crippen molar-refractivity contribution in [3.63, 3.8) is 0 Å². The topological polar surface area (TPSA) is 59.7 Å². The maximum atomic E-state index is 10.8. The first kappa shape index (κ1) is 18.6. The quantitative estimate of drug-likeness (QED) is 0.450. The minimum Gasteiger partial charge on any atom is -0.489 e. The highest BCUT2D eigenvalue weighted by Crippen LogP contribution is 2.20. The summed E-state index contributed by atoms with van der Waals surface area (Å²) in [6.45, 7) is 2.80. The van der Waals surface area contributed by atoms with Crippen molar-refractivity contribution < 1.29 is 19.1 Å². The average Bonchev–Trinajstić information content (AvgIpc) is 2.97. The second-order valence-electron chi connectivity index (χ2n) is 5.80. The molecule has 0 saturated carbocycles. The lowest BCUT2D eigenvalue weighted by Gasteiger charge is -2.05. The van der Waals surface area contributed by atoms with E-state index in [0.717, 1.165) is 12.8 Å². The third-order valence-corrected chi connectivity index (χ3v) is 3.83. The van der Waals surface area contributed by atoms with Crippen LogP contribution in [-0.2, 0) is 0 Å². The molecule has 4 nitrogen and oxygen atoms in total. The standard InChI is InChI=1S/C18H30O4/c1-2-3-4-5-6-7-8-9-10-11-12-14-21-16-13-15-22-17(16)18(19)20/h13,15H,2-12,14H2,1H3,(H,19,20). The number of ether oxygens (including phenoxy) is 1. The van der Waals surface area contributed by atoms with Crippen molar-refractivity contribution in [1.29, 1.82) is 0 Å². The van der Waals surface area contributed by atoms with E-state index in [1.165, 1.54) is 64.1 Å². The predicted octanol–water partition coefficient (Wildman–Crippen LogP) is 5.67. The molecule has 4 heteroatoms. The Balaban J connectivity index is 1.89. The molecule has 0 radical (unpaired) electrons. The van der Waals surface area contributed by atoms with Gasteiger partial charge in [0.05, 0.1) is 12.9 Å². The monoisotopic (exact) mass is 310 g/mol. The van der Waals surface area contributed by atoms with E-state index >= 15 is 0 Å². The summed E-state index contributed by atoms with van der Waals surface area (Å²) in [5, 5.41) is 8.87. The molecule has 22 heavy (non-hydrogen) atoms. The summed E-state index contributed by atoms with van der Waals surface area (Å²) in [7, 11) is 0. The molecular formula is C18H30O4. The summed E-state index contributed by atoms with van der Waals surface area (Å²) in [5.41, 5.74) is 0. The first-order chi connectivity index (χ1) is 10.8. The number of carboxylic acid groups (broad SMARTS) is 1. The Morgan fingerprint density at radius 3 is 2.09 bits per heavy atom. The number of unbranched alkanes of at least 4 members (excludes halogenated alkanes) is 10. The van der Waals surface area contributed by atoms with Crippen molar-refractivity contribution >= 4 is 5.97 Å². The zero-order valence-corrected chi connectivity index (χ0v) is 13.8. The van der Waals surface area contributed by atoms with Crippen molar-refractivity contribution in [2.75, 3.05) is 6.61 Å². The summed E-state index contributed by atoms with van der Waals surface area (Å²) in [5.74, 6) is -0.860. The van der Waals surface area contributed by atoms with E-state index in [1.54, 1.807) is 6.07 Å². The molecule has 0 saturated heterocycles. The average molecular weight is 310 g/mol. The van der Waals surface area contributed by atoms with Crippen molar-refractivity contribution in [3.05, 3.63) is 18.1 Å². The number of furan rings is 1. The van der Waals surface area contributed by atoms with Gasteiger partial charge in [-0.3, -0.25) is 0 Å². The molecule has 0 unspecified atom stereocenters. The Morgan fingerprint density at radius 1 is 1.00 bits per heavy atom. The maximum absolute atomic E-state index is 10.8. The molecule has 0 bridgehead atoms. The highest BCUT2D eigenvalue weighted by atomic mass is 16.5. The lowest BCUT2D eigenvalue weighted by atomic mass is 10.1. The Labute approximate surface area is 133 Å². The molecule has 0 aliphatic rings. The zero-order valence-electron chi connectivity index (χ0n) is 13.8. The van der Waals surface area contributed by atoms with Crippen molar-refractivity contribution in [2.24, 2.45) is 0 Å². The Kier molecular flexibility index (Phi) is 10.3. The third kappa shape index (κ3) is 8.11. The second kappa shape index (κ2) is 12.1. The molecule has 1 aromatic heterocycles. The molecule has 126 valence electrons. The van der Waals surface area contributed by atoms with E-state index in [0.29, 0.717) is 12.4 Å². The second-order valence-corrected chi connectivity index (χ2v) is 5.80. The van der Waals surface area contributed by atoms with E-state index in [4.69, 9.17) is 14.3 Å². The fourth-order valence-electron chi connectivity index (χ4n) is 2.52. The molecule has 0 spiro atoms. The van der Waals surface area contributed by atoms with Gasteiger partial charge in [-0.15, -0.1) is 0 Å². The van der Waals surface area contributed by atoms with Crippen LogP contribution in [-0.4, -0.2) is 17.7 Å². The third-order valence-electron chi connectivity index (χ3n) is 3.83. The summed E-state index contributed by atoms with van der Waals surface area (Å²) >= 11 is 0. The number of hydrogen-bond donors (Lipinski definition) is 1. The van der Waals surface area contributed by atoms with Crippen LogP contribution in [0.1, 0.15) is 88.1 Å². The summed E-state index contributed by atoms with van der Waals surface area (Å²) in [6, 6.07) is 1.56. The minimum atomic E-state index is -1.08. The number of aromatic carboxylic acids is 1. The summed E-state index contributed by atoms with van der Waals surface area (Å²) in [4.78, 5) is 10.8. The Hall–Kier alpha value is -1.45. The zero-order chi connectivity index (χ0) is 16.0. The number of carboxylic acids is 1. The van der Waals surface area contributed by atoms with E-state index < -0.39 is 5.97 Å². The van der Waals surface area contributed by atoms with E-state index in [-0.39, 0.29) is 5.76 Å². The van der Waals surface area contributed by atoms with E-state index in [9.17, 15) is 4.79 Å². The number of carbonyl (C=O) groups is 1. The van der Waals surface area contributed by atoms with Crippen LogP contribution in [0.2, 0.25) is 0 Å². The SMILES string of the molecule is CCCCCCCCCCCCCOc1ccoc1C(=O)O. The molecule has 0 amide bonds. The van der Waals surface area contributed by atoms with Gasteiger partial charge in [0.2, 0.25) is 0 Å². The van der Waals surface area contributed by atoms with E-state index in [1.807, 2.05) is 0 Å². The van der Waals surface area contributed by atoms with Gasteiger partial charge in [-0.05, 0) is 6.42 Å². The van der Waals surface area contributed by atoms with Crippen LogP contribution in [0.15, 0.2) is 16.7 Å². The van der Waals surface area contributed by atoms with Crippen molar-refractivity contribution in [2.45, 2.75) is 77.6 Å². The van der Waals surface area contributed by atoms with Gasteiger partial charge in [0.25, 0.3) is 5.76 Å². The first-order valence-electron chi connectivity index (χ1n) is 8.69. The lowest BCUT2D eigenvalue weighted by molar-refractivity contribution is 0.0656. The van der Waals surface area contributed by atoms with Gasteiger partial charge in [-0.2, -0.15) is 0 Å². The van der Waals surface area contributed by atoms with Crippen LogP contribution in [0.4, 0.5) is 0 Å². The molecule has 1 heterocycles. The van der Waals surface area contributed by atoms with Crippen LogP contribution >= 0.6 is 0 Å². The molecule has 0 fully saturated rings. The Morgan fingerprint density at radius 2 is 1.55 bits per heavy atom. The number of hydrogen-bond acceptors (Lipinski definition) is 3. The fraction of sp³-hybridized carbons (Fsp3) is 0.722. The van der Waals surface area contributed by atoms with Gasteiger partial charge in [-0.1, -0.05) is 71.1 Å². The first-order valence-corrected chi connectivity index (χ1v) is 8.69. The highest BCUT2D eigenvalue weighted by Gasteiger charge is 2.14. The largest absolute Gasteiger partial charge is 0.489 e. The van der Waals surface area contributed by atoms with Crippen LogP contribution in [0, 0.1) is 0 Å². The van der Waals surface area contributed by atoms with Crippen molar-refractivity contribution in [3.8, 4) is 5.75 Å². The van der Waals surface area contributed by atoms with Crippen LogP contribution in [0.3, 0.4) is 0 Å². The summed E-state index contributed by atoms with van der Waals surface area (Å²) < 4.78 is 10.3. The maximum Gasteiger partial charge on any atom is 0.375 e. The van der Waals surface area contributed by atoms with Gasteiger partial charge in [0.15, 0.2) is 5.75 Å². The smallest absolute Gasteiger partial charge is 0.375 e. The molecule has 1 rings (SSSR count). The van der Waals surface area contributed by atoms with Crippen molar-refractivity contribution in [1.82, 2.24) is 0 Å². The normalized spacial score (nSPS) is 10.8. The van der Waals surface area contributed by atoms with E-state index in [2.05, 4.69) is 6.92 Å². The molecule has 0 aliphatic heterocycles. The van der Waals surface area contributed by atoms with Gasteiger partial charge < -0.3 is 14.3 Å². The molecular weight excluding hydrogens is 280 g/mol. The number of rotatable bonds is 14. The Bertz CT molecular complexity index is 398. The van der Waals surface area contributed by atoms with Gasteiger partial charge in [0, 0.05) is 6.07 Å². The van der Waals surface area contributed by atoms with Gasteiger partial charge in [0.1, 0.15) is 0 Å². The van der Waals surface area contributed by atoms with Crippen LogP contribution in [0.25, 0.3) is 0 Å². The molecule has 0 atom stereocenters. The molecule has 1 aromatic rings. The van der Waals surface area contributed by atoms with Crippen LogP contribution < -0.4 is 4.74 Å². The summed E-state index contributed by atoms with van der Waals surface area (Å²) in [6.07, 6.45) is 15.5. The van der Waals surface area contributed by atoms with Crippen LogP contribution in [0.5, 0.6) is 5.75 Å². The predicted molar refractivity (Wildman–Crippen MR) is 87.6 cm³/mol. The minimum absolute atomic E-state index is 0.108. The fourth-order valence-corrected chi connectivity index (χ4v) is 2.52. The molecule has 1 N–H and O–H groups in total. The van der Waals surface area contributed by atoms with Gasteiger partial charge >= 0.3 is 5.97 Å². The van der Waals surface area contributed by atoms with Gasteiger partial charge in [-0.25, -0.2) is 4.79 Å². The lowest BCUT2D eigenvalue weighted by Crippen LogP contribution is -2.02. The molecule has 0 aliphatic carbocycles. The highest BCUT2D eigenvalue weighted by molar-refractivity contribution is 5.87.